The zero-order valence-corrected chi connectivity index (χ0v) is 14.3. The highest BCUT2D eigenvalue weighted by Crippen LogP contribution is 2.29. The van der Waals surface area contributed by atoms with E-state index in [2.05, 4.69) is 53.2 Å². The van der Waals surface area contributed by atoms with E-state index in [0.29, 0.717) is 6.54 Å². The van der Waals surface area contributed by atoms with Crippen molar-refractivity contribution in [3.05, 3.63) is 23.8 Å². The lowest BCUT2D eigenvalue weighted by atomic mass is 10.1. The van der Waals surface area contributed by atoms with Crippen molar-refractivity contribution < 1.29 is 0 Å². The van der Waals surface area contributed by atoms with Crippen molar-refractivity contribution in [2.75, 3.05) is 64.5 Å². The van der Waals surface area contributed by atoms with E-state index in [9.17, 15) is 0 Å². The molecule has 4 nitrogen and oxygen atoms in total. The van der Waals surface area contributed by atoms with Gasteiger partial charge in [-0.15, -0.1) is 11.8 Å². The van der Waals surface area contributed by atoms with Crippen molar-refractivity contribution in [2.24, 2.45) is 5.73 Å². The van der Waals surface area contributed by atoms with Gasteiger partial charge in [-0.1, -0.05) is 6.07 Å². The minimum Gasteiger partial charge on any atom is -0.369 e. The van der Waals surface area contributed by atoms with Crippen LogP contribution in [0.4, 0.5) is 5.69 Å². The average Bonchev–Trinajstić information content (AvgIpc) is 2.52. The van der Waals surface area contributed by atoms with Gasteiger partial charge in [-0.05, 0) is 32.5 Å². The van der Waals surface area contributed by atoms with Crippen LogP contribution in [0.5, 0.6) is 0 Å². The zero-order chi connectivity index (χ0) is 15.2. The average molecular weight is 308 g/mol. The number of piperazine rings is 1. The third kappa shape index (κ3) is 4.36. The summed E-state index contributed by atoms with van der Waals surface area (Å²) in [6.07, 6.45) is 2.12. The van der Waals surface area contributed by atoms with Crippen LogP contribution in [0.25, 0.3) is 0 Å². The van der Waals surface area contributed by atoms with E-state index in [0.717, 1.165) is 39.3 Å². The highest BCUT2D eigenvalue weighted by Gasteiger charge is 2.19. The molecule has 1 fully saturated rings. The lowest BCUT2D eigenvalue weighted by Crippen LogP contribution is -2.48. The predicted octanol–water partition coefficient (Wildman–Crippen LogP) is 1.55. The van der Waals surface area contributed by atoms with Crippen LogP contribution < -0.4 is 10.6 Å². The summed E-state index contributed by atoms with van der Waals surface area (Å²) >= 11 is 1.79. The monoisotopic (exact) mass is 308 g/mol. The summed E-state index contributed by atoms with van der Waals surface area (Å²) in [5, 5.41) is 0. The van der Waals surface area contributed by atoms with Gasteiger partial charge in [0, 0.05) is 62.0 Å². The maximum Gasteiger partial charge on any atom is 0.0423 e. The van der Waals surface area contributed by atoms with Crippen molar-refractivity contribution in [2.45, 2.75) is 11.4 Å². The van der Waals surface area contributed by atoms with Crippen LogP contribution in [-0.2, 0) is 6.54 Å². The molecule has 0 aromatic heterocycles. The van der Waals surface area contributed by atoms with E-state index in [4.69, 9.17) is 5.73 Å². The molecule has 0 bridgehead atoms. The second kappa shape index (κ2) is 8.03. The van der Waals surface area contributed by atoms with Gasteiger partial charge in [0.1, 0.15) is 0 Å². The summed E-state index contributed by atoms with van der Waals surface area (Å²) in [6, 6.07) is 6.54. The Morgan fingerprint density at radius 2 is 1.90 bits per heavy atom. The molecular formula is C16H28N4S. The Morgan fingerprint density at radius 1 is 1.19 bits per heavy atom. The van der Waals surface area contributed by atoms with Crippen molar-refractivity contribution >= 4 is 17.4 Å². The second-order valence-corrected chi connectivity index (χ2v) is 6.64. The maximum atomic E-state index is 5.99. The molecule has 118 valence electrons. The van der Waals surface area contributed by atoms with E-state index in [1.165, 1.54) is 16.1 Å². The fraction of sp³-hybridized carbons (Fsp3) is 0.625. The van der Waals surface area contributed by atoms with Gasteiger partial charge in [0.25, 0.3) is 0 Å². The molecule has 2 N–H and O–H groups in total. The molecule has 0 radical (unpaired) electrons. The normalized spacial score (nSPS) is 16.7. The zero-order valence-electron chi connectivity index (χ0n) is 13.5. The molecule has 0 aliphatic carbocycles. The molecule has 21 heavy (non-hydrogen) atoms. The Bertz CT molecular complexity index is 442. The van der Waals surface area contributed by atoms with Gasteiger partial charge in [0.05, 0.1) is 0 Å². The van der Waals surface area contributed by atoms with Crippen LogP contribution in [-0.4, -0.2) is 69.4 Å². The van der Waals surface area contributed by atoms with Gasteiger partial charge in [-0.2, -0.15) is 0 Å². The summed E-state index contributed by atoms with van der Waals surface area (Å²) in [6.45, 7) is 7.39. The number of hydrogen-bond acceptors (Lipinski definition) is 5. The first-order valence-electron chi connectivity index (χ1n) is 7.63. The number of nitrogens with two attached hydrogens (primary N) is 1. The number of likely N-dealkylation sites (N-methyl/N-ethyl adjacent to an activating group) is 1. The molecule has 1 saturated heterocycles. The number of benzene rings is 1. The molecule has 0 amide bonds. The van der Waals surface area contributed by atoms with Crippen LogP contribution in [0.3, 0.4) is 0 Å². The Labute approximate surface area is 133 Å². The van der Waals surface area contributed by atoms with Gasteiger partial charge >= 0.3 is 0 Å². The summed E-state index contributed by atoms with van der Waals surface area (Å²) in [5.74, 6) is 0. The summed E-state index contributed by atoms with van der Waals surface area (Å²) < 4.78 is 0. The molecule has 0 spiro atoms. The lowest BCUT2D eigenvalue weighted by molar-refractivity contribution is 0.229. The molecule has 0 unspecified atom stereocenters. The van der Waals surface area contributed by atoms with Gasteiger partial charge in [-0.3, -0.25) is 4.90 Å². The molecular weight excluding hydrogens is 280 g/mol. The molecule has 0 saturated carbocycles. The van der Waals surface area contributed by atoms with E-state index < -0.39 is 0 Å². The quantitative estimate of drug-likeness (QED) is 0.807. The van der Waals surface area contributed by atoms with Crippen LogP contribution in [0.15, 0.2) is 23.1 Å². The SMILES string of the molecule is CSc1cccc(N2CCN(CCN(C)C)CC2)c1CN. The third-order valence-electron chi connectivity index (χ3n) is 4.11. The van der Waals surface area contributed by atoms with E-state index in [1.807, 2.05) is 0 Å². The highest BCUT2D eigenvalue weighted by molar-refractivity contribution is 7.98. The number of hydrogen-bond donors (Lipinski definition) is 1. The first-order chi connectivity index (χ1) is 10.2. The maximum absolute atomic E-state index is 5.99. The fourth-order valence-corrected chi connectivity index (χ4v) is 3.45. The van der Waals surface area contributed by atoms with E-state index >= 15 is 0 Å². The molecule has 0 atom stereocenters. The van der Waals surface area contributed by atoms with Crippen molar-refractivity contribution in [3.63, 3.8) is 0 Å². The largest absolute Gasteiger partial charge is 0.369 e. The Hall–Kier alpha value is -0.750. The summed E-state index contributed by atoms with van der Waals surface area (Å²) in [4.78, 5) is 8.61. The van der Waals surface area contributed by atoms with Gasteiger partial charge in [0.2, 0.25) is 0 Å². The molecule has 5 heteroatoms. The van der Waals surface area contributed by atoms with Crippen LogP contribution in [0.1, 0.15) is 5.56 Å². The molecule has 1 aliphatic rings. The summed E-state index contributed by atoms with van der Waals surface area (Å²) in [5.41, 5.74) is 8.61. The van der Waals surface area contributed by atoms with Gasteiger partial charge in [0.15, 0.2) is 0 Å². The fourth-order valence-electron chi connectivity index (χ4n) is 2.80. The molecule has 1 heterocycles. The molecule has 1 aliphatic heterocycles. The Kier molecular flexibility index (Phi) is 6.36. The van der Waals surface area contributed by atoms with Crippen molar-refractivity contribution in [1.82, 2.24) is 9.80 Å². The smallest absolute Gasteiger partial charge is 0.0423 e. The van der Waals surface area contributed by atoms with Crippen LogP contribution in [0, 0.1) is 0 Å². The lowest BCUT2D eigenvalue weighted by Gasteiger charge is -2.37. The van der Waals surface area contributed by atoms with Crippen molar-refractivity contribution in [3.8, 4) is 0 Å². The van der Waals surface area contributed by atoms with E-state index in [-0.39, 0.29) is 0 Å². The van der Waals surface area contributed by atoms with Crippen LogP contribution in [0.2, 0.25) is 0 Å². The minimum atomic E-state index is 0.618. The summed E-state index contributed by atoms with van der Waals surface area (Å²) in [7, 11) is 4.27. The van der Waals surface area contributed by atoms with Gasteiger partial charge < -0.3 is 15.5 Å². The number of anilines is 1. The van der Waals surface area contributed by atoms with Crippen LogP contribution >= 0.6 is 11.8 Å². The first kappa shape index (κ1) is 16.6. The second-order valence-electron chi connectivity index (χ2n) is 5.79. The Balaban J connectivity index is 1.99. The number of thioether (sulfide) groups is 1. The molecule has 2 rings (SSSR count). The number of rotatable bonds is 6. The minimum absolute atomic E-state index is 0.618. The van der Waals surface area contributed by atoms with Gasteiger partial charge in [-0.25, -0.2) is 0 Å². The predicted molar refractivity (Wildman–Crippen MR) is 93.3 cm³/mol. The Morgan fingerprint density at radius 3 is 2.48 bits per heavy atom. The number of nitrogens with zero attached hydrogens (tertiary/aromatic N) is 3. The third-order valence-corrected chi connectivity index (χ3v) is 4.93. The molecule has 1 aromatic carbocycles. The van der Waals surface area contributed by atoms with E-state index in [1.54, 1.807) is 11.8 Å². The first-order valence-corrected chi connectivity index (χ1v) is 8.86. The topological polar surface area (TPSA) is 35.7 Å². The standard InChI is InChI=1S/C16H28N4S/c1-18(2)7-8-19-9-11-20(12-10-19)15-5-4-6-16(21-3)14(15)13-17/h4-6H,7-13,17H2,1-3H3. The highest BCUT2D eigenvalue weighted by atomic mass is 32.2. The molecule has 1 aromatic rings. The van der Waals surface area contributed by atoms with Crippen molar-refractivity contribution in [1.29, 1.82) is 0 Å².